The van der Waals surface area contributed by atoms with E-state index in [0.717, 1.165) is 13.1 Å². The zero-order chi connectivity index (χ0) is 12.2. The predicted molar refractivity (Wildman–Crippen MR) is 71.7 cm³/mol. The highest BCUT2D eigenvalue weighted by Gasteiger charge is 2.23. The summed E-state index contributed by atoms with van der Waals surface area (Å²) in [7, 11) is 2.03. The van der Waals surface area contributed by atoms with Gasteiger partial charge in [-0.25, -0.2) is 0 Å². The van der Waals surface area contributed by atoms with Crippen molar-refractivity contribution in [3.63, 3.8) is 0 Å². The highest BCUT2D eigenvalue weighted by Crippen LogP contribution is 2.30. The topological polar surface area (TPSA) is 15.3 Å². The van der Waals surface area contributed by atoms with Crippen molar-refractivity contribution in [1.82, 2.24) is 10.2 Å². The van der Waals surface area contributed by atoms with Crippen LogP contribution in [0.2, 0.25) is 0 Å². The lowest BCUT2D eigenvalue weighted by Gasteiger charge is -2.35. The second-order valence-corrected chi connectivity index (χ2v) is 5.97. The minimum absolute atomic E-state index is 0.361. The van der Waals surface area contributed by atoms with Crippen LogP contribution in [0, 0.1) is 5.41 Å². The number of hydrogen-bond donors (Lipinski definition) is 1. The molecule has 1 heterocycles. The molecule has 2 heteroatoms. The molecule has 1 atom stereocenters. The standard InChI is InChI=1S/C14H28N2/c1-12(6-9-15-5)16-10-7-13(8-11-16)14(2,3)4/h7,12,15H,6,8-11H2,1-5H3. The monoisotopic (exact) mass is 224 g/mol. The Labute approximate surface area is 101 Å². The van der Waals surface area contributed by atoms with Crippen LogP contribution >= 0.6 is 0 Å². The van der Waals surface area contributed by atoms with Crippen molar-refractivity contribution in [2.75, 3.05) is 26.7 Å². The molecule has 1 aliphatic heterocycles. The van der Waals surface area contributed by atoms with E-state index in [1.54, 1.807) is 5.57 Å². The van der Waals surface area contributed by atoms with Crippen molar-refractivity contribution in [3.05, 3.63) is 11.6 Å². The van der Waals surface area contributed by atoms with Crippen LogP contribution in [0.15, 0.2) is 11.6 Å². The zero-order valence-corrected chi connectivity index (χ0v) is 11.6. The summed E-state index contributed by atoms with van der Waals surface area (Å²) in [6.07, 6.45) is 4.93. The number of rotatable bonds is 4. The van der Waals surface area contributed by atoms with Gasteiger partial charge in [0.25, 0.3) is 0 Å². The van der Waals surface area contributed by atoms with Crippen molar-refractivity contribution in [2.45, 2.75) is 46.6 Å². The number of nitrogens with zero attached hydrogens (tertiary/aromatic N) is 1. The molecule has 0 bridgehead atoms. The molecule has 0 radical (unpaired) electrons. The van der Waals surface area contributed by atoms with Crippen molar-refractivity contribution in [2.24, 2.45) is 5.41 Å². The molecular formula is C14H28N2. The van der Waals surface area contributed by atoms with E-state index in [1.807, 2.05) is 7.05 Å². The third-order valence-corrected chi connectivity index (χ3v) is 3.64. The molecule has 1 aliphatic rings. The molecule has 0 saturated carbocycles. The van der Waals surface area contributed by atoms with Crippen LogP contribution in [0.4, 0.5) is 0 Å². The van der Waals surface area contributed by atoms with E-state index >= 15 is 0 Å². The normalized spacial score (nSPS) is 20.7. The predicted octanol–water partition coefficient (Wildman–Crippen LogP) is 2.66. The molecule has 0 aromatic carbocycles. The average molecular weight is 224 g/mol. The van der Waals surface area contributed by atoms with Gasteiger partial charge in [0.15, 0.2) is 0 Å². The summed E-state index contributed by atoms with van der Waals surface area (Å²) in [6, 6.07) is 0.699. The minimum Gasteiger partial charge on any atom is -0.320 e. The van der Waals surface area contributed by atoms with Crippen LogP contribution in [0.5, 0.6) is 0 Å². The molecule has 2 nitrogen and oxygen atoms in total. The molecule has 0 aromatic rings. The summed E-state index contributed by atoms with van der Waals surface area (Å²) in [5, 5.41) is 3.23. The van der Waals surface area contributed by atoms with Gasteiger partial charge in [-0.3, -0.25) is 4.90 Å². The molecule has 0 aromatic heterocycles. The maximum Gasteiger partial charge on any atom is 0.0168 e. The molecule has 0 aliphatic carbocycles. The second-order valence-electron chi connectivity index (χ2n) is 5.97. The van der Waals surface area contributed by atoms with E-state index in [1.165, 1.54) is 19.4 Å². The Morgan fingerprint density at radius 2 is 2.12 bits per heavy atom. The van der Waals surface area contributed by atoms with Crippen molar-refractivity contribution >= 4 is 0 Å². The van der Waals surface area contributed by atoms with Gasteiger partial charge in [-0.1, -0.05) is 32.4 Å². The first kappa shape index (κ1) is 13.7. The van der Waals surface area contributed by atoms with E-state index in [-0.39, 0.29) is 0 Å². The molecule has 1 N–H and O–H groups in total. The minimum atomic E-state index is 0.361. The van der Waals surface area contributed by atoms with Gasteiger partial charge in [0.2, 0.25) is 0 Å². The molecule has 1 rings (SSSR count). The average Bonchev–Trinajstić information content (AvgIpc) is 2.25. The van der Waals surface area contributed by atoms with Gasteiger partial charge in [0.1, 0.15) is 0 Å². The lowest BCUT2D eigenvalue weighted by Crippen LogP contribution is -2.39. The van der Waals surface area contributed by atoms with Gasteiger partial charge in [0, 0.05) is 19.1 Å². The van der Waals surface area contributed by atoms with Crippen LogP contribution in [-0.2, 0) is 0 Å². The van der Waals surface area contributed by atoms with Crippen LogP contribution in [0.3, 0.4) is 0 Å². The summed E-state index contributed by atoms with van der Waals surface area (Å²) in [5.74, 6) is 0. The van der Waals surface area contributed by atoms with E-state index in [2.05, 4.69) is 44.0 Å². The molecule has 0 saturated heterocycles. The first-order valence-electron chi connectivity index (χ1n) is 6.53. The van der Waals surface area contributed by atoms with E-state index in [4.69, 9.17) is 0 Å². The largest absolute Gasteiger partial charge is 0.320 e. The Balaban J connectivity index is 2.44. The smallest absolute Gasteiger partial charge is 0.0168 e. The lowest BCUT2D eigenvalue weighted by atomic mass is 9.83. The van der Waals surface area contributed by atoms with E-state index in [0.29, 0.717) is 11.5 Å². The van der Waals surface area contributed by atoms with Crippen LogP contribution in [0.25, 0.3) is 0 Å². The zero-order valence-electron chi connectivity index (χ0n) is 11.6. The summed E-state index contributed by atoms with van der Waals surface area (Å²) >= 11 is 0. The molecule has 94 valence electrons. The highest BCUT2D eigenvalue weighted by atomic mass is 15.1. The van der Waals surface area contributed by atoms with Crippen molar-refractivity contribution < 1.29 is 0 Å². The third kappa shape index (κ3) is 3.91. The van der Waals surface area contributed by atoms with Gasteiger partial charge in [-0.15, -0.1) is 0 Å². The fourth-order valence-electron chi connectivity index (χ4n) is 2.30. The van der Waals surface area contributed by atoms with E-state index < -0.39 is 0 Å². The van der Waals surface area contributed by atoms with Gasteiger partial charge < -0.3 is 5.32 Å². The summed E-state index contributed by atoms with van der Waals surface area (Å²) < 4.78 is 0. The maximum atomic E-state index is 3.23. The van der Waals surface area contributed by atoms with Crippen LogP contribution < -0.4 is 5.32 Å². The summed E-state index contributed by atoms with van der Waals surface area (Å²) in [6.45, 7) is 12.8. The van der Waals surface area contributed by atoms with Gasteiger partial charge >= 0.3 is 0 Å². The Morgan fingerprint density at radius 1 is 1.44 bits per heavy atom. The van der Waals surface area contributed by atoms with Gasteiger partial charge in [-0.2, -0.15) is 0 Å². The maximum absolute atomic E-state index is 3.23. The number of nitrogens with one attached hydrogen (secondary N) is 1. The SMILES string of the molecule is CNCCC(C)N1CC=C(C(C)(C)C)CC1. The first-order chi connectivity index (χ1) is 7.45. The fourth-order valence-corrected chi connectivity index (χ4v) is 2.30. The van der Waals surface area contributed by atoms with E-state index in [9.17, 15) is 0 Å². The number of hydrogen-bond acceptors (Lipinski definition) is 2. The molecule has 0 amide bonds. The third-order valence-electron chi connectivity index (χ3n) is 3.64. The first-order valence-corrected chi connectivity index (χ1v) is 6.53. The van der Waals surface area contributed by atoms with Gasteiger partial charge in [-0.05, 0) is 38.8 Å². The highest BCUT2D eigenvalue weighted by molar-refractivity contribution is 5.14. The van der Waals surface area contributed by atoms with Gasteiger partial charge in [0.05, 0.1) is 0 Å². The fraction of sp³-hybridized carbons (Fsp3) is 0.857. The van der Waals surface area contributed by atoms with Crippen LogP contribution in [-0.4, -0.2) is 37.6 Å². The van der Waals surface area contributed by atoms with Crippen molar-refractivity contribution in [1.29, 1.82) is 0 Å². The molecule has 0 fully saturated rings. The Kier molecular flexibility index (Phi) is 5.00. The molecule has 1 unspecified atom stereocenters. The lowest BCUT2D eigenvalue weighted by molar-refractivity contribution is 0.207. The Hall–Kier alpha value is -0.340. The summed E-state index contributed by atoms with van der Waals surface area (Å²) in [5.41, 5.74) is 1.99. The molecule has 16 heavy (non-hydrogen) atoms. The quantitative estimate of drug-likeness (QED) is 0.739. The molecular weight excluding hydrogens is 196 g/mol. The second kappa shape index (κ2) is 5.83. The Bertz CT molecular complexity index is 238. The summed E-state index contributed by atoms with van der Waals surface area (Å²) in [4.78, 5) is 2.59. The Morgan fingerprint density at radius 3 is 2.56 bits per heavy atom. The molecule has 0 spiro atoms. The van der Waals surface area contributed by atoms with Crippen molar-refractivity contribution in [3.8, 4) is 0 Å². The van der Waals surface area contributed by atoms with Crippen LogP contribution in [0.1, 0.15) is 40.5 Å².